The lowest BCUT2D eigenvalue weighted by Gasteiger charge is -2.13. The molecule has 2 aromatic heterocycles. The summed E-state index contributed by atoms with van der Waals surface area (Å²) < 4.78 is 13.2. The zero-order chi connectivity index (χ0) is 21.1. The van der Waals surface area contributed by atoms with Gasteiger partial charge in [0.1, 0.15) is 5.82 Å². The van der Waals surface area contributed by atoms with E-state index < -0.39 is 0 Å². The average Bonchev–Trinajstić information content (AvgIpc) is 2.74. The smallest absolute Gasteiger partial charge is 0.221 e. The van der Waals surface area contributed by atoms with Crippen LogP contribution in [0.5, 0.6) is 0 Å². The Balaban J connectivity index is 1.79. The van der Waals surface area contributed by atoms with Crippen molar-refractivity contribution in [1.29, 1.82) is 0 Å². The lowest BCUT2D eigenvalue weighted by molar-refractivity contribution is -0.117. The van der Waals surface area contributed by atoms with Crippen LogP contribution in [0, 0.1) is 12.7 Å². The molecule has 0 radical (unpaired) electrons. The monoisotopic (exact) mass is 397 g/mol. The van der Waals surface area contributed by atoms with Crippen molar-refractivity contribution in [2.75, 3.05) is 0 Å². The molecular formula is C25H20FN3O. The minimum atomic E-state index is -0.381. The summed E-state index contributed by atoms with van der Waals surface area (Å²) in [5.74, 6) is -0.653. The lowest BCUT2D eigenvalue weighted by atomic mass is 9.94. The van der Waals surface area contributed by atoms with Crippen molar-refractivity contribution in [2.45, 2.75) is 13.3 Å². The van der Waals surface area contributed by atoms with Crippen LogP contribution in [0.25, 0.3) is 33.5 Å². The molecule has 2 heterocycles. The summed E-state index contributed by atoms with van der Waals surface area (Å²) in [6.07, 6.45) is 3.71. The van der Waals surface area contributed by atoms with E-state index in [4.69, 9.17) is 5.73 Å². The first-order valence-electron chi connectivity index (χ1n) is 9.56. The van der Waals surface area contributed by atoms with Crippen LogP contribution in [0.3, 0.4) is 0 Å². The lowest BCUT2D eigenvalue weighted by Crippen LogP contribution is -2.13. The fraction of sp³-hybridized carbons (Fsp3) is 0.0800. The van der Waals surface area contributed by atoms with Gasteiger partial charge in [-0.1, -0.05) is 30.3 Å². The summed E-state index contributed by atoms with van der Waals surface area (Å²) in [5.41, 5.74) is 12.6. The third-order valence-corrected chi connectivity index (χ3v) is 4.89. The molecule has 4 aromatic rings. The van der Waals surface area contributed by atoms with Gasteiger partial charge in [-0.2, -0.15) is 0 Å². The van der Waals surface area contributed by atoms with Crippen LogP contribution in [0.4, 0.5) is 4.39 Å². The van der Waals surface area contributed by atoms with Gasteiger partial charge in [0.25, 0.3) is 0 Å². The Morgan fingerprint density at radius 3 is 2.30 bits per heavy atom. The summed E-state index contributed by atoms with van der Waals surface area (Å²) in [6.45, 7) is 1.94. The maximum Gasteiger partial charge on any atom is 0.221 e. The molecule has 0 bridgehead atoms. The molecule has 0 saturated heterocycles. The van der Waals surface area contributed by atoms with E-state index in [0.29, 0.717) is 0 Å². The summed E-state index contributed by atoms with van der Waals surface area (Å²) >= 11 is 0. The van der Waals surface area contributed by atoms with Gasteiger partial charge in [0.2, 0.25) is 5.91 Å². The van der Waals surface area contributed by atoms with Gasteiger partial charge in [0.05, 0.1) is 12.1 Å². The van der Waals surface area contributed by atoms with Gasteiger partial charge in [0, 0.05) is 29.2 Å². The number of carbonyl (C=O) groups excluding carboxylic acids is 1. The topological polar surface area (TPSA) is 68.9 Å². The molecule has 0 saturated carbocycles. The zero-order valence-electron chi connectivity index (χ0n) is 16.5. The molecule has 1 amide bonds. The molecule has 0 aliphatic rings. The molecule has 5 heteroatoms. The summed E-state index contributed by atoms with van der Waals surface area (Å²) in [7, 11) is 0. The van der Waals surface area contributed by atoms with E-state index in [9.17, 15) is 9.18 Å². The third kappa shape index (κ3) is 4.25. The molecular weight excluding hydrogens is 377 g/mol. The van der Waals surface area contributed by atoms with Gasteiger partial charge >= 0.3 is 0 Å². The highest BCUT2D eigenvalue weighted by atomic mass is 19.1. The van der Waals surface area contributed by atoms with E-state index in [1.807, 2.05) is 49.4 Å². The van der Waals surface area contributed by atoms with E-state index in [1.165, 1.54) is 12.1 Å². The van der Waals surface area contributed by atoms with E-state index in [-0.39, 0.29) is 18.1 Å². The predicted molar refractivity (Wildman–Crippen MR) is 116 cm³/mol. The van der Waals surface area contributed by atoms with Crippen LogP contribution in [-0.2, 0) is 11.2 Å². The molecule has 0 unspecified atom stereocenters. The second kappa shape index (κ2) is 8.25. The van der Waals surface area contributed by atoms with Crippen molar-refractivity contribution in [3.8, 4) is 33.5 Å². The van der Waals surface area contributed by atoms with Crippen LogP contribution >= 0.6 is 0 Å². The number of primary amides is 1. The largest absolute Gasteiger partial charge is 0.369 e. The normalized spacial score (nSPS) is 10.7. The van der Waals surface area contributed by atoms with E-state index in [2.05, 4.69) is 9.97 Å². The van der Waals surface area contributed by atoms with Gasteiger partial charge in [-0.25, -0.2) is 4.39 Å². The van der Waals surface area contributed by atoms with Crippen molar-refractivity contribution in [3.05, 3.63) is 96.2 Å². The summed E-state index contributed by atoms with van der Waals surface area (Å²) in [5, 5.41) is 0. The van der Waals surface area contributed by atoms with Crippen LogP contribution in [0.2, 0.25) is 0 Å². The second-order valence-electron chi connectivity index (χ2n) is 7.15. The number of rotatable bonds is 5. The standard InChI is InChI=1S/C25H20FN3O/c1-16-12-19(10-11-28-16)22-8-2-17(14-25(27)30)13-23(22)24-9-5-20(15-29-24)18-3-6-21(26)7-4-18/h2-13,15H,14H2,1H3,(H2,27,30). The minimum absolute atomic E-state index is 0.163. The van der Waals surface area contributed by atoms with Gasteiger partial charge in [-0.05, 0) is 65.6 Å². The highest BCUT2D eigenvalue weighted by molar-refractivity contribution is 5.84. The molecule has 0 aliphatic heterocycles. The third-order valence-electron chi connectivity index (χ3n) is 4.89. The predicted octanol–water partition coefficient (Wildman–Crippen LogP) is 4.95. The number of aryl methyl sites for hydroxylation is 1. The van der Waals surface area contributed by atoms with Crippen LogP contribution in [0.15, 0.2) is 79.1 Å². The maximum absolute atomic E-state index is 13.2. The molecule has 4 rings (SSSR count). The fourth-order valence-electron chi connectivity index (χ4n) is 3.45. The van der Waals surface area contributed by atoms with Crippen LogP contribution in [-0.4, -0.2) is 15.9 Å². The Labute approximate surface area is 174 Å². The van der Waals surface area contributed by atoms with Gasteiger partial charge in [-0.3, -0.25) is 14.8 Å². The molecule has 0 aliphatic carbocycles. The van der Waals surface area contributed by atoms with Crippen molar-refractivity contribution in [2.24, 2.45) is 5.73 Å². The Morgan fingerprint density at radius 2 is 1.63 bits per heavy atom. The molecule has 2 aromatic carbocycles. The fourth-order valence-corrected chi connectivity index (χ4v) is 3.45. The number of carbonyl (C=O) groups is 1. The Bertz CT molecular complexity index is 1200. The number of hydrogen-bond acceptors (Lipinski definition) is 3. The first-order valence-corrected chi connectivity index (χ1v) is 9.56. The summed E-state index contributed by atoms with van der Waals surface area (Å²) in [4.78, 5) is 20.3. The van der Waals surface area contributed by atoms with Crippen molar-refractivity contribution < 1.29 is 9.18 Å². The van der Waals surface area contributed by atoms with Crippen molar-refractivity contribution in [3.63, 3.8) is 0 Å². The zero-order valence-corrected chi connectivity index (χ0v) is 16.5. The number of hydrogen-bond donors (Lipinski definition) is 1. The van der Waals surface area contributed by atoms with Crippen LogP contribution < -0.4 is 5.73 Å². The van der Waals surface area contributed by atoms with Gasteiger partial charge in [-0.15, -0.1) is 0 Å². The highest BCUT2D eigenvalue weighted by Crippen LogP contribution is 2.33. The highest BCUT2D eigenvalue weighted by Gasteiger charge is 2.12. The number of pyridine rings is 2. The molecule has 148 valence electrons. The van der Waals surface area contributed by atoms with Crippen molar-refractivity contribution in [1.82, 2.24) is 9.97 Å². The number of aromatic nitrogens is 2. The summed E-state index contributed by atoms with van der Waals surface area (Å²) in [6, 6.07) is 20.0. The van der Waals surface area contributed by atoms with E-state index in [0.717, 1.165) is 44.8 Å². The van der Waals surface area contributed by atoms with Crippen molar-refractivity contribution >= 4 is 5.91 Å². The molecule has 0 fully saturated rings. The second-order valence-corrected chi connectivity index (χ2v) is 7.15. The molecule has 30 heavy (non-hydrogen) atoms. The van der Waals surface area contributed by atoms with Gasteiger partial charge < -0.3 is 5.73 Å². The number of nitrogens with two attached hydrogens (primary N) is 1. The maximum atomic E-state index is 13.2. The number of benzene rings is 2. The average molecular weight is 397 g/mol. The number of halogens is 1. The first-order chi connectivity index (χ1) is 14.5. The molecule has 0 atom stereocenters. The molecule has 4 nitrogen and oxygen atoms in total. The molecule has 0 spiro atoms. The Kier molecular flexibility index (Phi) is 5.35. The van der Waals surface area contributed by atoms with E-state index in [1.54, 1.807) is 24.5 Å². The first kappa shape index (κ1) is 19.5. The Hall–Kier alpha value is -3.86. The van der Waals surface area contributed by atoms with Crippen LogP contribution in [0.1, 0.15) is 11.3 Å². The van der Waals surface area contributed by atoms with E-state index >= 15 is 0 Å². The quantitative estimate of drug-likeness (QED) is 0.518. The SMILES string of the molecule is Cc1cc(-c2ccc(CC(N)=O)cc2-c2ccc(-c3ccc(F)cc3)cn2)ccn1. The Morgan fingerprint density at radius 1 is 0.867 bits per heavy atom. The number of amides is 1. The molecule has 2 N–H and O–H groups in total. The minimum Gasteiger partial charge on any atom is -0.369 e. The number of nitrogens with zero attached hydrogens (tertiary/aromatic N) is 2. The van der Waals surface area contributed by atoms with Gasteiger partial charge in [0.15, 0.2) is 0 Å².